The summed E-state index contributed by atoms with van der Waals surface area (Å²) in [4.78, 5) is 30.6. The van der Waals surface area contributed by atoms with E-state index in [1.807, 2.05) is 102 Å². The highest BCUT2D eigenvalue weighted by atomic mass is 35.5. The van der Waals surface area contributed by atoms with Crippen molar-refractivity contribution in [1.29, 1.82) is 0 Å². The van der Waals surface area contributed by atoms with Gasteiger partial charge in [-0.1, -0.05) is 96.5 Å². The lowest BCUT2D eigenvalue weighted by Crippen LogP contribution is -2.49. The first-order chi connectivity index (χ1) is 20.6. The molecular weight excluding hydrogens is 546 g/mol. The Hall–Kier alpha value is -5.07. The molecule has 0 unspecified atom stereocenters. The molecule has 2 amide bonds. The van der Waals surface area contributed by atoms with Crippen molar-refractivity contribution in [1.82, 2.24) is 0 Å². The van der Waals surface area contributed by atoms with E-state index >= 15 is 0 Å². The molecule has 0 fully saturated rings. The molecule has 6 nitrogen and oxygen atoms in total. The molecule has 0 saturated carbocycles. The van der Waals surface area contributed by atoms with E-state index in [9.17, 15) is 9.59 Å². The van der Waals surface area contributed by atoms with Gasteiger partial charge in [0.05, 0.1) is 22.0 Å². The molecule has 1 atom stereocenters. The van der Waals surface area contributed by atoms with E-state index in [0.29, 0.717) is 28.6 Å². The molecule has 0 radical (unpaired) electrons. The Morgan fingerprint density at radius 2 is 1.40 bits per heavy atom. The van der Waals surface area contributed by atoms with Crippen molar-refractivity contribution in [2.75, 3.05) is 21.7 Å². The van der Waals surface area contributed by atoms with Crippen molar-refractivity contribution in [2.24, 2.45) is 0 Å². The molecule has 42 heavy (non-hydrogen) atoms. The lowest BCUT2D eigenvalue weighted by molar-refractivity contribution is -0.118. The first-order valence-electron chi connectivity index (χ1n) is 13.6. The third-order valence-electron chi connectivity index (χ3n) is 7.13. The van der Waals surface area contributed by atoms with Gasteiger partial charge in [-0.3, -0.25) is 14.5 Å². The molecule has 0 aromatic heterocycles. The molecule has 1 N–H and O–H groups in total. The normalized spacial score (nSPS) is 14.3. The molecule has 1 aliphatic rings. The molecule has 6 rings (SSSR count). The van der Waals surface area contributed by atoms with Crippen molar-refractivity contribution in [3.8, 4) is 5.75 Å². The molecule has 0 saturated heterocycles. The van der Waals surface area contributed by atoms with Gasteiger partial charge < -0.3 is 15.0 Å². The van der Waals surface area contributed by atoms with Gasteiger partial charge in [0.1, 0.15) is 11.9 Å². The van der Waals surface area contributed by atoms with Gasteiger partial charge in [-0.2, -0.15) is 0 Å². The molecule has 5 aromatic carbocycles. The number of hydrogen-bond acceptors (Lipinski definition) is 4. The second-order valence-electron chi connectivity index (χ2n) is 9.90. The summed E-state index contributed by atoms with van der Waals surface area (Å²) in [6, 6.07) is 42.3. The summed E-state index contributed by atoms with van der Waals surface area (Å²) in [5, 5.41) is 3.22. The standard InChI is InChI=1S/C35H28ClN3O3/c36-30-16-8-9-17-31(30)37-33(40)24-42-28-21-19-26(20-22-28)34-38(23-25-11-3-1-4-12-25)32-18-10-7-15-29(32)35(41)39(34)27-13-5-2-6-14-27/h1-22,34H,23-24H2,(H,37,40)/t34-/m1/s1. The van der Waals surface area contributed by atoms with Crippen LogP contribution >= 0.6 is 11.6 Å². The Labute approximate surface area is 249 Å². The highest BCUT2D eigenvalue weighted by molar-refractivity contribution is 6.33. The average Bonchev–Trinajstić information content (AvgIpc) is 3.03. The Bertz CT molecular complexity index is 1690. The number of benzene rings is 5. The number of nitrogens with one attached hydrogen (secondary N) is 1. The van der Waals surface area contributed by atoms with E-state index < -0.39 is 6.17 Å². The van der Waals surface area contributed by atoms with Crippen LogP contribution in [0.25, 0.3) is 0 Å². The minimum atomic E-state index is -0.424. The number of nitrogens with zero attached hydrogens (tertiary/aromatic N) is 2. The Morgan fingerprint density at radius 1 is 0.762 bits per heavy atom. The maximum atomic E-state index is 14.0. The minimum absolute atomic E-state index is 0.0670. The Morgan fingerprint density at radius 3 is 2.14 bits per heavy atom. The van der Waals surface area contributed by atoms with Crippen molar-refractivity contribution < 1.29 is 14.3 Å². The number of para-hydroxylation sites is 3. The molecule has 5 aromatic rings. The van der Waals surface area contributed by atoms with Gasteiger partial charge in [-0.15, -0.1) is 0 Å². The van der Waals surface area contributed by atoms with Crippen LogP contribution in [0.15, 0.2) is 133 Å². The van der Waals surface area contributed by atoms with Gasteiger partial charge in [0, 0.05) is 12.2 Å². The lowest BCUT2D eigenvalue weighted by atomic mass is 9.99. The number of halogens is 1. The van der Waals surface area contributed by atoms with Gasteiger partial charge in [0.15, 0.2) is 6.61 Å². The summed E-state index contributed by atoms with van der Waals surface area (Å²) in [7, 11) is 0. The van der Waals surface area contributed by atoms with Gasteiger partial charge in [0.2, 0.25) is 0 Å². The number of fused-ring (bicyclic) bond motifs is 1. The highest BCUT2D eigenvalue weighted by Gasteiger charge is 2.39. The zero-order valence-corrected chi connectivity index (χ0v) is 23.4. The summed E-state index contributed by atoms with van der Waals surface area (Å²) < 4.78 is 5.78. The van der Waals surface area contributed by atoms with Gasteiger partial charge in [0.25, 0.3) is 11.8 Å². The minimum Gasteiger partial charge on any atom is -0.484 e. The van der Waals surface area contributed by atoms with Gasteiger partial charge >= 0.3 is 0 Å². The molecule has 0 bridgehead atoms. The zero-order valence-electron chi connectivity index (χ0n) is 22.7. The van der Waals surface area contributed by atoms with Crippen LogP contribution in [0.2, 0.25) is 5.02 Å². The van der Waals surface area contributed by atoms with Crippen LogP contribution < -0.4 is 19.9 Å². The van der Waals surface area contributed by atoms with Crippen LogP contribution in [0, 0.1) is 0 Å². The second kappa shape index (κ2) is 12.2. The topological polar surface area (TPSA) is 61.9 Å². The fourth-order valence-electron chi connectivity index (χ4n) is 5.18. The van der Waals surface area contributed by atoms with Crippen LogP contribution in [0.3, 0.4) is 0 Å². The number of hydrogen-bond donors (Lipinski definition) is 1. The number of carbonyl (C=O) groups excluding carboxylic acids is 2. The van der Waals surface area contributed by atoms with Crippen LogP contribution in [0.4, 0.5) is 17.1 Å². The molecule has 0 aliphatic carbocycles. The predicted octanol–water partition coefficient (Wildman–Crippen LogP) is 7.72. The van der Waals surface area contributed by atoms with Crippen LogP contribution in [0.5, 0.6) is 5.75 Å². The SMILES string of the molecule is O=C(COc1ccc([C@@H]2N(Cc3ccccc3)c3ccccc3C(=O)N2c2ccccc2)cc1)Nc1ccccc1Cl. The molecule has 1 aliphatic heterocycles. The first-order valence-corrected chi connectivity index (χ1v) is 14.0. The molecule has 1 heterocycles. The quantitative estimate of drug-likeness (QED) is 0.206. The highest BCUT2D eigenvalue weighted by Crippen LogP contribution is 2.42. The van der Waals surface area contributed by atoms with E-state index in [0.717, 1.165) is 22.5 Å². The Kier molecular flexibility index (Phi) is 7.88. The van der Waals surface area contributed by atoms with Crippen molar-refractivity contribution >= 4 is 40.5 Å². The number of ether oxygens (including phenoxy) is 1. The summed E-state index contributed by atoms with van der Waals surface area (Å²) in [5.41, 5.74) is 4.90. The summed E-state index contributed by atoms with van der Waals surface area (Å²) in [5.74, 6) is 0.157. The summed E-state index contributed by atoms with van der Waals surface area (Å²) in [6.45, 7) is 0.426. The maximum absolute atomic E-state index is 14.0. The lowest BCUT2D eigenvalue weighted by Gasteiger charge is -2.46. The molecule has 208 valence electrons. The van der Waals surface area contributed by atoms with Crippen molar-refractivity contribution in [2.45, 2.75) is 12.7 Å². The molecular formula is C35H28ClN3O3. The fourth-order valence-corrected chi connectivity index (χ4v) is 5.36. The second-order valence-corrected chi connectivity index (χ2v) is 10.3. The van der Waals surface area contributed by atoms with E-state index in [2.05, 4.69) is 22.3 Å². The van der Waals surface area contributed by atoms with Crippen molar-refractivity contribution in [3.63, 3.8) is 0 Å². The number of rotatable bonds is 8. The van der Waals surface area contributed by atoms with Crippen molar-refractivity contribution in [3.05, 3.63) is 155 Å². The monoisotopic (exact) mass is 573 g/mol. The summed E-state index contributed by atoms with van der Waals surface area (Å²) >= 11 is 6.15. The van der Waals surface area contributed by atoms with E-state index in [1.54, 1.807) is 24.3 Å². The fraction of sp³-hybridized carbons (Fsp3) is 0.0857. The largest absolute Gasteiger partial charge is 0.484 e. The van der Waals surface area contributed by atoms with Gasteiger partial charge in [-0.25, -0.2) is 0 Å². The summed E-state index contributed by atoms with van der Waals surface area (Å²) in [6.07, 6.45) is -0.424. The van der Waals surface area contributed by atoms with E-state index in [4.69, 9.17) is 16.3 Å². The number of anilines is 3. The predicted molar refractivity (Wildman–Crippen MR) is 167 cm³/mol. The van der Waals surface area contributed by atoms with Crippen LogP contribution in [-0.2, 0) is 11.3 Å². The molecule has 7 heteroatoms. The zero-order chi connectivity index (χ0) is 28.9. The third kappa shape index (κ3) is 5.71. The maximum Gasteiger partial charge on any atom is 0.262 e. The van der Waals surface area contributed by atoms with Gasteiger partial charge in [-0.05, 0) is 59.7 Å². The first kappa shape index (κ1) is 27.1. The van der Waals surface area contributed by atoms with E-state index in [-0.39, 0.29) is 18.4 Å². The van der Waals surface area contributed by atoms with E-state index in [1.165, 1.54) is 0 Å². The smallest absolute Gasteiger partial charge is 0.262 e. The Balaban J connectivity index is 1.31. The number of carbonyl (C=O) groups is 2. The van der Waals surface area contributed by atoms with Crippen LogP contribution in [-0.4, -0.2) is 18.4 Å². The average molecular weight is 574 g/mol. The number of amides is 2. The third-order valence-corrected chi connectivity index (χ3v) is 7.46. The van der Waals surface area contributed by atoms with Crippen LogP contribution in [0.1, 0.15) is 27.7 Å². The molecule has 0 spiro atoms.